The number of nitrogens with zero attached hydrogens (tertiary/aromatic N) is 5. The molecule has 10 heteroatoms. The summed E-state index contributed by atoms with van der Waals surface area (Å²) in [6.45, 7) is 4.39. The van der Waals surface area contributed by atoms with Crippen LogP contribution in [0.1, 0.15) is 23.0 Å². The topological polar surface area (TPSA) is 108 Å². The molecular weight excluding hydrogens is 464 g/mol. The highest BCUT2D eigenvalue weighted by molar-refractivity contribution is 7.13. The molecule has 1 amide bonds. The van der Waals surface area contributed by atoms with Gasteiger partial charge in [-0.1, -0.05) is 35.5 Å². The Morgan fingerprint density at radius 1 is 1.17 bits per heavy atom. The molecule has 9 nitrogen and oxygen atoms in total. The molecule has 0 bridgehead atoms. The van der Waals surface area contributed by atoms with E-state index in [-0.39, 0.29) is 11.8 Å². The number of ether oxygens (including phenoxy) is 1. The van der Waals surface area contributed by atoms with Gasteiger partial charge in [-0.05, 0) is 32.0 Å². The highest BCUT2D eigenvalue weighted by atomic mass is 32.1. The zero-order chi connectivity index (χ0) is 24.4. The first-order valence-corrected chi connectivity index (χ1v) is 11.8. The largest absolute Gasteiger partial charge is 0.479 e. The maximum Gasteiger partial charge on any atom is 0.261 e. The Bertz CT molecular complexity index is 1470. The van der Waals surface area contributed by atoms with E-state index < -0.39 is 0 Å². The van der Waals surface area contributed by atoms with Gasteiger partial charge in [0, 0.05) is 23.7 Å². The lowest BCUT2D eigenvalue weighted by Crippen LogP contribution is -2.15. The van der Waals surface area contributed by atoms with Gasteiger partial charge >= 0.3 is 0 Å². The molecule has 1 N–H and O–H groups in total. The van der Waals surface area contributed by atoms with Crippen molar-refractivity contribution in [1.29, 1.82) is 0 Å². The Hall–Kier alpha value is -4.31. The molecule has 5 rings (SSSR count). The predicted molar refractivity (Wildman–Crippen MR) is 133 cm³/mol. The molecule has 0 spiro atoms. The van der Waals surface area contributed by atoms with Crippen molar-refractivity contribution in [3.05, 3.63) is 71.4 Å². The minimum Gasteiger partial charge on any atom is -0.479 e. The van der Waals surface area contributed by atoms with Crippen LogP contribution in [-0.2, 0) is 6.54 Å². The van der Waals surface area contributed by atoms with Crippen molar-refractivity contribution in [2.24, 2.45) is 0 Å². The molecule has 5 aromatic rings. The second-order valence-electron chi connectivity index (χ2n) is 7.60. The van der Waals surface area contributed by atoms with Crippen LogP contribution in [0.5, 0.6) is 5.88 Å². The lowest BCUT2D eigenvalue weighted by atomic mass is 10.1. The number of carbonyl (C=O) groups is 1. The van der Waals surface area contributed by atoms with Gasteiger partial charge in [0.25, 0.3) is 5.91 Å². The predicted octanol–water partition coefficient (Wildman–Crippen LogP) is 5.31. The first-order chi connectivity index (χ1) is 17.1. The van der Waals surface area contributed by atoms with Crippen molar-refractivity contribution >= 4 is 22.9 Å². The molecule has 0 saturated carbocycles. The van der Waals surface area contributed by atoms with Crippen LogP contribution in [0.4, 0.5) is 5.69 Å². The van der Waals surface area contributed by atoms with Crippen molar-refractivity contribution < 1.29 is 14.1 Å². The maximum absolute atomic E-state index is 13.2. The standard InChI is InChI=1S/C25H22N6O3S/c1-4-31-20(14-19(29-31)25-26-12-13-35-25)17-10-11-18(24(28-17)33-3)27-23(32)21-15(2)34-30-22(21)16-8-6-5-7-9-16/h5-14H,4H2,1-3H3,(H,27,32). The van der Waals surface area contributed by atoms with Gasteiger partial charge in [0.2, 0.25) is 5.88 Å². The summed E-state index contributed by atoms with van der Waals surface area (Å²) >= 11 is 1.53. The molecule has 0 radical (unpaired) electrons. The molecule has 1 aromatic carbocycles. The summed E-state index contributed by atoms with van der Waals surface area (Å²) in [6.07, 6.45) is 1.75. The van der Waals surface area contributed by atoms with E-state index in [0.29, 0.717) is 34.9 Å². The number of rotatable bonds is 7. The number of nitrogens with one attached hydrogen (secondary N) is 1. The Morgan fingerprint density at radius 3 is 2.71 bits per heavy atom. The summed E-state index contributed by atoms with van der Waals surface area (Å²) in [5.74, 6) is 0.345. The number of amides is 1. The molecule has 0 aliphatic carbocycles. The first kappa shape index (κ1) is 22.5. The SMILES string of the molecule is CCn1nc(-c2nccs2)cc1-c1ccc(NC(=O)c2c(-c3ccccc3)noc2C)c(OC)n1. The third-order valence-corrected chi connectivity index (χ3v) is 6.23. The quantitative estimate of drug-likeness (QED) is 0.332. The third-order valence-electron chi connectivity index (χ3n) is 5.43. The number of pyridine rings is 1. The van der Waals surface area contributed by atoms with E-state index in [1.807, 2.05) is 59.5 Å². The van der Waals surface area contributed by atoms with Gasteiger partial charge < -0.3 is 14.6 Å². The summed E-state index contributed by atoms with van der Waals surface area (Å²) < 4.78 is 12.7. The summed E-state index contributed by atoms with van der Waals surface area (Å²) in [5.41, 5.74) is 4.34. The lowest BCUT2D eigenvalue weighted by molar-refractivity contribution is 0.102. The average Bonchev–Trinajstić information content (AvgIpc) is 3.64. The number of hydrogen-bond acceptors (Lipinski definition) is 8. The number of hydrogen-bond donors (Lipinski definition) is 1. The van der Waals surface area contributed by atoms with Gasteiger partial charge in [0.1, 0.15) is 33.4 Å². The summed E-state index contributed by atoms with van der Waals surface area (Å²) in [5, 5.41) is 14.4. The van der Waals surface area contributed by atoms with Crippen LogP contribution in [-0.4, -0.2) is 37.9 Å². The molecule has 0 atom stereocenters. The van der Waals surface area contributed by atoms with Crippen molar-refractivity contribution in [1.82, 2.24) is 24.9 Å². The first-order valence-electron chi connectivity index (χ1n) is 10.9. The number of anilines is 1. The van der Waals surface area contributed by atoms with Gasteiger partial charge in [-0.2, -0.15) is 5.10 Å². The van der Waals surface area contributed by atoms with Gasteiger partial charge in [0.05, 0.1) is 18.5 Å². The number of carbonyl (C=O) groups excluding carboxylic acids is 1. The number of thiazole rings is 1. The molecule has 0 unspecified atom stereocenters. The molecule has 35 heavy (non-hydrogen) atoms. The van der Waals surface area contributed by atoms with Crippen LogP contribution in [0.25, 0.3) is 33.3 Å². The molecule has 0 aliphatic rings. The van der Waals surface area contributed by atoms with E-state index in [4.69, 9.17) is 9.26 Å². The summed E-state index contributed by atoms with van der Waals surface area (Å²) in [6, 6.07) is 15.0. The third kappa shape index (κ3) is 4.31. The van der Waals surface area contributed by atoms with Crippen molar-refractivity contribution in [3.63, 3.8) is 0 Å². The van der Waals surface area contributed by atoms with E-state index in [1.54, 1.807) is 19.2 Å². The maximum atomic E-state index is 13.2. The van der Waals surface area contributed by atoms with Crippen LogP contribution in [0.3, 0.4) is 0 Å². The van der Waals surface area contributed by atoms with Crippen LogP contribution < -0.4 is 10.1 Å². The number of methoxy groups -OCH3 is 1. The van der Waals surface area contributed by atoms with Crippen LogP contribution >= 0.6 is 11.3 Å². The molecule has 4 aromatic heterocycles. The Balaban J connectivity index is 1.46. The smallest absolute Gasteiger partial charge is 0.261 e. The fourth-order valence-corrected chi connectivity index (χ4v) is 4.36. The molecule has 0 fully saturated rings. The Labute approximate surface area is 205 Å². The van der Waals surface area contributed by atoms with Gasteiger partial charge in [-0.3, -0.25) is 9.48 Å². The normalized spacial score (nSPS) is 10.9. The fraction of sp³-hybridized carbons (Fsp3) is 0.160. The Kier molecular flexibility index (Phi) is 6.11. The summed E-state index contributed by atoms with van der Waals surface area (Å²) in [4.78, 5) is 22.2. The second-order valence-corrected chi connectivity index (χ2v) is 8.50. The van der Waals surface area contributed by atoms with Gasteiger partial charge in [0.15, 0.2) is 0 Å². The minimum atomic E-state index is -0.361. The van der Waals surface area contributed by atoms with Gasteiger partial charge in [-0.25, -0.2) is 9.97 Å². The number of benzene rings is 1. The van der Waals surface area contributed by atoms with Gasteiger partial charge in [-0.15, -0.1) is 11.3 Å². The van der Waals surface area contributed by atoms with Crippen LogP contribution in [0.15, 0.2) is 64.6 Å². The lowest BCUT2D eigenvalue weighted by Gasteiger charge is -2.12. The van der Waals surface area contributed by atoms with E-state index in [1.165, 1.54) is 18.4 Å². The zero-order valence-electron chi connectivity index (χ0n) is 19.3. The average molecular weight is 487 g/mol. The van der Waals surface area contributed by atoms with Crippen LogP contribution in [0.2, 0.25) is 0 Å². The van der Waals surface area contributed by atoms with Crippen molar-refractivity contribution in [2.45, 2.75) is 20.4 Å². The molecule has 176 valence electrons. The number of aryl methyl sites for hydroxylation is 2. The summed E-state index contributed by atoms with van der Waals surface area (Å²) in [7, 11) is 1.51. The minimum absolute atomic E-state index is 0.283. The van der Waals surface area contributed by atoms with Crippen molar-refractivity contribution in [3.8, 4) is 39.2 Å². The fourth-order valence-electron chi connectivity index (χ4n) is 3.77. The van der Waals surface area contributed by atoms with E-state index in [2.05, 4.69) is 25.5 Å². The monoisotopic (exact) mass is 486 g/mol. The highest BCUT2D eigenvalue weighted by Gasteiger charge is 2.23. The Morgan fingerprint density at radius 2 is 2.00 bits per heavy atom. The number of aromatic nitrogens is 5. The second kappa shape index (κ2) is 9.51. The molecule has 0 saturated heterocycles. The molecular formula is C25H22N6O3S. The molecule has 4 heterocycles. The molecule has 0 aliphatic heterocycles. The highest BCUT2D eigenvalue weighted by Crippen LogP contribution is 2.32. The van der Waals surface area contributed by atoms with Crippen molar-refractivity contribution in [2.75, 3.05) is 12.4 Å². The zero-order valence-corrected chi connectivity index (χ0v) is 20.2. The van der Waals surface area contributed by atoms with E-state index >= 15 is 0 Å². The van der Waals surface area contributed by atoms with Crippen LogP contribution in [0, 0.1) is 6.92 Å². The van der Waals surface area contributed by atoms with E-state index in [9.17, 15) is 4.79 Å². The van der Waals surface area contributed by atoms with E-state index in [0.717, 1.165) is 22.0 Å².